The molecule has 18 heavy (non-hydrogen) atoms. The summed E-state index contributed by atoms with van der Waals surface area (Å²) in [5, 5.41) is 9.19. The van der Waals surface area contributed by atoms with Gasteiger partial charge in [-0.25, -0.2) is 0 Å². The van der Waals surface area contributed by atoms with Gasteiger partial charge in [0.05, 0.1) is 12.5 Å². The van der Waals surface area contributed by atoms with Crippen molar-refractivity contribution in [1.82, 2.24) is 0 Å². The molecule has 0 spiro atoms. The number of ether oxygens (including phenoxy) is 1. The molecule has 1 N–H and O–H groups in total. The standard InChI is InChI=1S/C15H20O3/c1-11-5-4-7-13(9-11)18-10-12-6-2-3-8-14(12)15(16)17/h4-5,7,9,12,14H,2-3,6,8,10H2,1H3,(H,16,17)/t12-,14-/m0/s1. The molecule has 0 heterocycles. The van der Waals surface area contributed by atoms with Crippen molar-refractivity contribution in [3.63, 3.8) is 0 Å². The molecule has 1 aliphatic carbocycles. The molecular weight excluding hydrogens is 228 g/mol. The second-order valence-electron chi connectivity index (χ2n) is 5.12. The molecule has 0 amide bonds. The highest BCUT2D eigenvalue weighted by Gasteiger charge is 2.31. The molecule has 1 saturated carbocycles. The molecule has 0 aromatic heterocycles. The van der Waals surface area contributed by atoms with Crippen molar-refractivity contribution in [2.75, 3.05) is 6.61 Å². The topological polar surface area (TPSA) is 46.5 Å². The summed E-state index contributed by atoms with van der Waals surface area (Å²) in [6.45, 7) is 2.54. The van der Waals surface area contributed by atoms with Crippen LogP contribution in [-0.4, -0.2) is 17.7 Å². The highest BCUT2D eigenvalue weighted by molar-refractivity contribution is 5.70. The van der Waals surface area contributed by atoms with E-state index < -0.39 is 5.97 Å². The summed E-state index contributed by atoms with van der Waals surface area (Å²) in [6.07, 6.45) is 3.89. The normalized spacial score (nSPS) is 23.6. The number of rotatable bonds is 4. The van der Waals surface area contributed by atoms with Gasteiger partial charge < -0.3 is 9.84 Å². The summed E-state index contributed by atoms with van der Waals surface area (Å²) < 4.78 is 5.74. The Morgan fingerprint density at radius 2 is 2.17 bits per heavy atom. The van der Waals surface area contributed by atoms with E-state index in [1.54, 1.807) is 0 Å². The molecule has 0 bridgehead atoms. The van der Waals surface area contributed by atoms with Crippen LogP contribution < -0.4 is 4.74 Å². The van der Waals surface area contributed by atoms with Crippen molar-refractivity contribution in [2.45, 2.75) is 32.6 Å². The average Bonchev–Trinajstić information content (AvgIpc) is 2.37. The minimum atomic E-state index is -0.674. The SMILES string of the molecule is Cc1cccc(OC[C@@H]2CCCC[C@@H]2C(=O)O)c1. The summed E-state index contributed by atoms with van der Waals surface area (Å²) in [7, 11) is 0. The van der Waals surface area contributed by atoms with Crippen LogP contribution in [0.2, 0.25) is 0 Å². The van der Waals surface area contributed by atoms with E-state index in [0.717, 1.165) is 37.0 Å². The molecule has 2 rings (SSSR count). The third-order valence-corrected chi connectivity index (χ3v) is 3.68. The van der Waals surface area contributed by atoms with E-state index in [4.69, 9.17) is 4.74 Å². The predicted molar refractivity (Wildman–Crippen MR) is 69.8 cm³/mol. The first kappa shape index (κ1) is 12.9. The van der Waals surface area contributed by atoms with E-state index in [9.17, 15) is 9.90 Å². The zero-order chi connectivity index (χ0) is 13.0. The molecular formula is C15H20O3. The van der Waals surface area contributed by atoms with Crippen LogP contribution in [0, 0.1) is 18.8 Å². The van der Waals surface area contributed by atoms with Gasteiger partial charge in [-0.2, -0.15) is 0 Å². The van der Waals surface area contributed by atoms with Crippen LogP contribution in [0.4, 0.5) is 0 Å². The number of carboxylic acid groups (broad SMARTS) is 1. The first-order valence-electron chi connectivity index (χ1n) is 6.59. The van der Waals surface area contributed by atoms with Crippen LogP contribution in [-0.2, 0) is 4.79 Å². The fraction of sp³-hybridized carbons (Fsp3) is 0.533. The summed E-state index contributed by atoms with van der Waals surface area (Å²) in [5.74, 6) is 0.0811. The smallest absolute Gasteiger partial charge is 0.306 e. The van der Waals surface area contributed by atoms with E-state index >= 15 is 0 Å². The Morgan fingerprint density at radius 1 is 1.39 bits per heavy atom. The molecule has 0 unspecified atom stereocenters. The molecule has 0 saturated heterocycles. The Hall–Kier alpha value is -1.51. The van der Waals surface area contributed by atoms with Gasteiger partial charge in [0.15, 0.2) is 0 Å². The lowest BCUT2D eigenvalue weighted by molar-refractivity contribution is -0.145. The van der Waals surface area contributed by atoms with Crippen molar-refractivity contribution < 1.29 is 14.6 Å². The number of aliphatic carboxylic acids is 1. The molecule has 2 atom stereocenters. The number of hydrogen-bond acceptors (Lipinski definition) is 2. The molecule has 0 aliphatic heterocycles. The van der Waals surface area contributed by atoms with Gasteiger partial charge in [0.1, 0.15) is 5.75 Å². The van der Waals surface area contributed by atoms with Crippen molar-refractivity contribution >= 4 is 5.97 Å². The number of aryl methyl sites for hydroxylation is 1. The lowest BCUT2D eigenvalue weighted by atomic mass is 9.80. The van der Waals surface area contributed by atoms with Crippen molar-refractivity contribution in [3.8, 4) is 5.75 Å². The highest BCUT2D eigenvalue weighted by Crippen LogP contribution is 2.30. The highest BCUT2D eigenvalue weighted by atomic mass is 16.5. The quantitative estimate of drug-likeness (QED) is 0.889. The first-order valence-corrected chi connectivity index (χ1v) is 6.59. The van der Waals surface area contributed by atoms with Gasteiger partial charge in [-0.05, 0) is 37.5 Å². The second kappa shape index (κ2) is 5.89. The maximum Gasteiger partial charge on any atom is 0.306 e. The van der Waals surface area contributed by atoms with Gasteiger partial charge in [0.25, 0.3) is 0 Å². The minimum absolute atomic E-state index is 0.150. The molecule has 98 valence electrons. The largest absolute Gasteiger partial charge is 0.493 e. The Bertz CT molecular complexity index is 414. The van der Waals surface area contributed by atoms with Crippen LogP contribution in [0.25, 0.3) is 0 Å². The summed E-state index contributed by atoms with van der Waals surface area (Å²) in [4.78, 5) is 11.2. The van der Waals surface area contributed by atoms with Gasteiger partial charge in [-0.15, -0.1) is 0 Å². The fourth-order valence-electron chi connectivity index (χ4n) is 2.64. The Kier molecular flexibility index (Phi) is 4.24. The zero-order valence-corrected chi connectivity index (χ0v) is 10.8. The van der Waals surface area contributed by atoms with Crippen molar-refractivity contribution in [3.05, 3.63) is 29.8 Å². The van der Waals surface area contributed by atoms with E-state index in [-0.39, 0.29) is 11.8 Å². The van der Waals surface area contributed by atoms with Crippen LogP contribution in [0.3, 0.4) is 0 Å². The van der Waals surface area contributed by atoms with E-state index in [1.165, 1.54) is 0 Å². The van der Waals surface area contributed by atoms with Crippen molar-refractivity contribution in [1.29, 1.82) is 0 Å². The predicted octanol–water partition coefficient (Wildman–Crippen LogP) is 3.26. The Morgan fingerprint density at radius 3 is 2.89 bits per heavy atom. The van der Waals surface area contributed by atoms with Crippen LogP contribution in [0.5, 0.6) is 5.75 Å². The number of hydrogen-bond donors (Lipinski definition) is 1. The number of carbonyl (C=O) groups is 1. The molecule has 3 nitrogen and oxygen atoms in total. The Labute approximate surface area is 108 Å². The average molecular weight is 248 g/mol. The number of benzene rings is 1. The second-order valence-corrected chi connectivity index (χ2v) is 5.12. The monoisotopic (exact) mass is 248 g/mol. The van der Waals surface area contributed by atoms with Crippen LogP contribution in [0.1, 0.15) is 31.2 Å². The Balaban J connectivity index is 1.93. The molecule has 1 fully saturated rings. The van der Waals surface area contributed by atoms with E-state index in [0.29, 0.717) is 6.61 Å². The third kappa shape index (κ3) is 3.25. The van der Waals surface area contributed by atoms with Crippen molar-refractivity contribution in [2.24, 2.45) is 11.8 Å². The van der Waals surface area contributed by atoms with Gasteiger partial charge in [0, 0.05) is 5.92 Å². The maximum absolute atomic E-state index is 11.2. The van der Waals surface area contributed by atoms with Gasteiger partial charge in [0.2, 0.25) is 0 Å². The van der Waals surface area contributed by atoms with Gasteiger partial charge >= 0.3 is 5.97 Å². The summed E-state index contributed by atoms with van der Waals surface area (Å²) in [5.41, 5.74) is 1.16. The van der Waals surface area contributed by atoms with Crippen LogP contribution >= 0.6 is 0 Å². The van der Waals surface area contributed by atoms with Gasteiger partial charge in [-0.3, -0.25) is 4.79 Å². The molecule has 1 aromatic carbocycles. The fourth-order valence-corrected chi connectivity index (χ4v) is 2.64. The minimum Gasteiger partial charge on any atom is -0.493 e. The van der Waals surface area contributed by atoms with E-state index in [1.807, 2.05) is 31.2 Å². The lowest BCUT2D eigenvalue weighted by Crippen LogP contribution is -2.31. The first-order chi connectivity index (χ1) is 8.66. The maximum atomic E-state index is 11.2. The summed E-state index contributed by atoms with van der Waals surface area (Å²) >= 11 is 0. The van der Waals surface area contributed by atoms with Crippen LogP contribution in [0.15, 0.2) is 24.3 Å². The molecule has 1 aliphatic rings. The summed E-state index contributed by atoms with van der Waals surface area (Å²) in [6, 6.07) is 7.89. The third-order valence-electron chi connectivity index (χ3n) is 3.68. The molecule has 0 radical (unpaired) electrons. The van der Waals surface area contributed by atoms with Gasteiger partial charge in [-0.1, -0.05) is 25.0 Å². The molecule has 1 aromatic rings. The molecule has 3 heteroatoms. The lowest BCUT2D eigenvalue weighted by Gasteiger charge is -2.28. The van der Waals surface area contributed by atoms with E-state index in [2.05, 4.69) is 0 Å². The number of carboxylic acids is 1. The zero-order valence-electron chi connectivity index (χ0n) is 10.8.